The minimum absolute atomic E-state index is 0.0442. The summed E-state index contributed by atoms with van der Waals surface area (Å²) >= 11 is 0. The third kappa shape index (κ3) is 5.07. The molecule has 2 aliphatic rings. The summed E-state index contributed by atoms with van der Waals surface area (Å²) in [7, 11) is -2.03. The van der Waals surface area contributed by atoms with E-state index in [0.29, 0.717) is 31.7 Å². The monoisotopic (exact) mass is 457 g/mol. The van der Waals surface area contributed by atoms with E-state index in [1.807, 2.05) is 12.1 Å². The fraction of sp³-hybridized carbons (Fsp3) is 0.458. The summed E-state index contributed by atoms with van der Waals surface area (Å²) in [4.78, 5) is 15.4. The molecule has 2 saturated heterocycles. The number of nitrogens with zero attached hydrogens (tertiary/aromatic N) is 2. The molecular formula is C24H31N3O4S. The van der Waals surface area contributed by atoms with Crippen LogP contribution in [-0.4, -0.2) is 51.9 Å². The smallest absolute Gasteiger partial charge is 0.243 e. The predicted octanol–water partition coefficient (Wildman–Crippen LogP) is 3.72. The fourth-order valence-corrected chi connectivity index (χ4v) is 5.88. The summed E-state index contributed by atoms with van der Waals surface area (Å²) < 4.78 is 32.4. The zero-order chi connectivity index (χ0) is 22.6. The summed E-state index contributed by atoms with van der Waals surface area (Å²) in [5.74, 6) is 0.375. The Bertz CT molecular complexity index is 1010. The summed E-state index contributed by atoms with van der Waals surface area (Å²) in [6.07, 6.45) is 4.77. The Kier molecular flexibility index (Phi) is 7.01. The van der Waals surface area contributed by atoms with Gasteiger partial charge in [-0.3, -0.25) is 4.79 Å². The first-order valence-corrected chi connectivity index (χ1v) is 12.7. The third-order valence-corrected chi connectivity index (χ3v) is 8.29. The van der Waals surface area contributed by atoms with Crippen molar-refractivity contribution in [2.24, 2.45) is 5.92 Å². The van der Waals surface area contributed by atoms with Crippen molar-refractivity contribution in [1.29, 1.82) is 0 Å². The van der Waals surface area contributed by atoms with E-state index in [1.54, 1.807) is 31.4 Å². The van der Waals surface area contributed by atoms with E-state index >= 15 is 0 Å². The average Bonchev–Trinajstić information content (AvgIpc) is 2.85. The average molecular weight is 458 g/mol. The second-order valence-corrected chi connectivity index (χ2v) is 10.4. The highest BCUT2D eigenvalue weighted by Crippen LogP contribution is 2.27. The van der Waals surface area contributed by atoms with Crippen LogP contribution in [0.5, 0.6) is 5.75 Å². The normalized spacial score (nSPS) is 18.3. The van der Waals surface area contributed by atoms with E-state index in [4.69, 9.17) is 4.74 Å². The van der Waals surface area contributed by atoms with Gasteiger partial charge < -0.3 is 15.0 Å². The highest BCUT2D eigenvalue weighted by Gasteiger charge is 2.32. The lowest BCUT2D eigenvalue weighted by Gasteiger charge is -2.30. The zero-order valence-corrected chi connectivity index (χ0v) is 19.3. The highest BCUT2D eigenvalue weighted by atomic mass is 32.2. The lowest BCUT2D eigenvalue weighted by atomic mass is 9.97. The number of carbonyl (C=O) groups excluding carboxylic acids is 1. The first-order valence-electron chi connectivity index (χ1n) is 11.3. The van der Waals surface area contributed by atoms with E-state index in [0.717, 1.165) is 18.8 Å². The molecular weight excluding hydrogens is 426 g/mol. The van der Waals surface area contributed by atoms with E-state index in [1.165, 1.54) is 29.3 Å². The maximum absolute atomic E-state index is 12.9. The minimum Gasteiger partial charge on any atom is -0.497 e. The standard InChI is InChI=1S/C24H31N3O4S/c1-31-22-9-11-23(12-10-22)32(29,30)27-17-13-19(14-18-27)24(28)25-20-5-7-21(8-6-20)26-15-3-2-4-16-26/h5-12,19H,2-4,13-18H2,1H3,(H,25,28). The molecule has 1 N–H and O–H groups in total. The molecule has 0 radical (unpaired) electrons. The van der Waals surface area contributed by atoms with Crippen LogP contribution in [0.2, 0.25) is 0 Å². The number of hydrogen-bond acceptors (Lipinski definition) is 5. The first-order chi connectivity index (χ1) is 15.5. The second-order valence-electron chi connectivity index (χ2n) is 8.44. The van der Waals surface area contributed by atoms with Gasteiger partial charge in [-0.2, -0.15) is 4.31 Å². The lowest BCUT2D eigenvalue weighted by molar-refractivity contribution is -0.120. The molecule has 2 aromatic carbocycles. The molecule has 1 amide bonds. The molecule has 2 aromatic rings. The fourth-order valence-electron chi connectivity index (χ4n) is 4.41. The van der Waals surface area contributed by atoms with Gasteiger partial charge in [-0.15, -0.1) is 0 Å². The number of methoxy groups -OCH3 is 1. The molecule has 4 rings (SSSR count). The summed E-state index contributed by atoms with van der Waals surface area (Å²) in [5, 5.41) is 3.00. The lowest BCUT2D eigenvalue weighted by Crippen LogP contribution is -2.41. The summed E-state index contributed by atoms with van der Waals surface area (Å²) in [5.41, 5.74) is 1.98. The number of anilines is 2. The zero-order valence-electron chi connectivity index (χ0n) is 18.5. The number of benzene rings is 2. The molecule has 2 aliphatic heterocycles. The molecule has 0 unspecified atom stereocenters. The molecule has 0 saturated carbocycles. The number of ether oxygens (including phenoxy) is 1. The molecule has 2 fully saturated rings. The topological polar surface area (TPSA) is 79.0 Å². The van der Waals surface area contributed by atoms with Gasteiger partial charge in [0.2, 0.25) is 15.9 Å². The van der Waals surface area contributed by atoms with E-state index in [9.17, 15) is 13.2 Å². The van der Waals surface area contributed by atoms with Crippen LogP contribution in [0.1, 0.15) is 32.1 Å². The van der Waals surface area contributed by atoms with Crippen molar-refractivity contribution in [1.82, 2.24) is 4.31 Å². The van der Waals surface area contributed by atoms with Gasteiger partial charge in [0.15, 0.2) is 0 Å². The van der Waals surface area contributed by atoms with Crippen LogP contribution in [0.3, 0.4) is 0 Å². The van der Waals surface area contributed by atoms with Crippen molar-refractivity contribution in [3.63, 3.8) is 0 Å². The van der Waals surface area contributed by atoms with Crippen molar-refractivity contribution in [3.05, 3.63) is 48.5 Å². The van der Waals surface area contributed by atoms with Crippen molar-refractivity contribution in [2.75, 3.05) is 43.5 Å². The summed E-state index contributed by atoms with van der Waals surface area (Å²) in [6, 6.07) is 14.4. The third-order valence-electron chi connectivity index (χ3n) is 6.38. The maximum Gasteiger partial charge on any atom is 0.243 e. The van der Waals surface area contributed by atoms with E-state index in [-0.39, 0.29) is 16.7 Å². The largest absolute Gasteiger partial charge is 0.497 e. The SMILES string of the molecule is COc1ccc(S(=O)(=O)N2CCC(C(=O)Nc3ccc(N4CCCCC4)cc3)CC2)cc1. The Balaban J connectivity index is 1.31. The minimum atomic E-state index is -3.57. The quantitative estimate of drug-likeness (QED) is 0.715. The number of carbonyl (C=O) groups is 1. The van der Waals surface area contributed by atoms with Gasteiger partial charge in [-0.25, -0.2) is 8.42 Å². The first kappa shape index (κ1) is 22.6. The molecule has 0 aromatic heterocycles. The Labute approximate surface area is 190 Å². The van der Waals surface area contributed by atoms with Crippen LogP contribution in [0.15, 0.2) is 53.4 Å². The van der Waals surface area contributed by atoms with Crippen molar-refractivity contribution >= 4 is 27.3 Å². The number of hydrogen-bond donors (Lipinski definition) is 1. The molecule has 0 spiro atoms. The molecule has 0 atom stereocenters. The molecule has 32 heavy (non-hydrogen) atoms. The van der Waals surface area contributed by atoms with Gasteiger partial charge in [0.1, 0.15) is 5.75 Å². The van der Waals surface area contributed by atoms with Crippen LogP contribution in [0.25, 0.3) is 0 Å². The molecule has 8 heteroatoms. The Morgan fingerprint density at radius 2 is 1.53 bits per heavy atom. The Morgan fingerprint density at radius 1 is 0.906 bits per heavy atom. The van der Waals surface area contributed by atoms with Gasteiger partial charge in [-0.1, -0.05) is 0 Å². The number of nitrogens with one attached hydrogen (secondary N) is 1. The molecule has 0 aliphatic carbocycles. The maximum atomic E-state index is 12.9. The molecule has 2 heterocycles. The number of amides is 1. The second kappa shape index (κ2) is 9.92. The Hall–Kier alpha value is -2.58. The molecule has 0 bridgehead atoms. The van der Waals surface area contributed by atoms with Crippen LogP contribution >= 0.6 is 0 Å². The number of piperidine rings is 2. The summed E-state index contributed by atoms with van der Waals surface area (Å²) in [6.45, 7) is 2.84. The van der Waals surface area contributed by atoms with E-state index < -0.39 is 10.0 Å². The van der Waals surface area contributed by atoms with Gasteiger partial charge >= 0.3 is 0 Å². The number of sulfonamides is 1. The van der Waals surface area contributed by atoms with Gasteiger partial charge in [0.25, 0.3) is 0 Å². The van der Waals surface area contributed by atoms with Crippen molar-refractivity contribution in [3.8, 4) is 5.75 Å². The van der Waals surface area contributed by atoms with Crippen molar-refractivity contribution < 1.29 is 17.9 Å². The number of rotatable bonds is 6. The predicted molar refractivity (Wildman–Crippen MR) is 126 cm³/mol. The molecule has 172 valence electrons. The van der Waals surface area contributed by atoms with E-state index in [2.05, 4.69) is 22.3 Å². The van der Waals surface area contributed by atoms with Crippen molar-refractivity contribution in [2.45, 2.75) is 37.0 Å². The molecule has 7 nitrogen and oxygen atoms in total. The van der Waals surface area contributed by atoms with Gasteiger partial charge in [-0.05, 0) is 80.6 Å². The Morgan fingerprint density at radius 3 is 2.12 bits per heavy atom. The van der Waals surface area contributed by atoms with Crippen LogP contribution < -0.4 is 15.0 Å². The van der Waals surface area contributed by atoms with Gasteiger partial charge in [0.05, 0.1) is 12.0 Å². The van der Waals surface area contributed by atoms with Crippen LogP contribution in [-0.2, 0) is 14.8 Å². The van der Waals surface area contributed by atoms with Crippen LogP contribution in [0.4, 0.5) is 11.4 Å². The highest BCUT2D eigenvalue weighted by molar-refractivity contribution is 7.89. The van der Waals surface area contributed by atoms with Gasteiger partial charge in [0, 0.05) is 43.5 Å². The van der Waals surface area contributed by atoms with Crippen LogP contribution in [0, 0.1) is 5.92 Å².